The molecule has 156 valence electrons. The number of carbonyl (C=O) groups excluding carboxylic acids is 1. The molecule has 1 aliphatic rings. The first kappa shape index (κ1) is 23.0. The van der Waals surface area contributed by atoms with Gasteiger partial charge in [-0.2, -0.15) is 0 Å². The third-order valence-electron chi connectivity index (χ3n) is 5.64. The highest BCUT2D eigenvalue weighted by Crippen LogP contribution is 2.29. The summed E-state index contributed by atoms with van der Waals surface area (Å²) in [5.41, 5.74) is 2.29. The number of Topliss-reactive ketones (excluding diaryl/α,β-unsaturated/α-hetero) is 1. The lowest BCUT2D eigenvalue weighted by Gasteiger charge is -2.26. The van der Waals surface area contributed by atoms with E-state index in [0.29, 0.717) is 32.5 Å². The summed E-state index contributed by atoms with van der Waals surface area (Å²) in [6, 6.07) is 7.62. The fraction of sp³-hybridized carbons (Fsp3) is 0.609. The summed E-state index contributed by atoms with van der Waals surface area (Å²) in [4.78, 5) is 13.7. The van der Waals surface area contributed by atoms with Crippen molar-refractivity contribution in [1.82, 2.24) is 0 Å². The highest BCUT2D eigenvalue weighted by atomic mass is 32.2. The number of hydrogen-bond donors (Lipinski definition) is 0. The fourth-order valence-electron chi connectivity index (χ4n) is 3.31. The molecule has 28 heavy (non-hydrogen) atoms. The minimum Gasteiger partial charge on any atom is -0.348 e. The summed E-state index contributed by atoms with van der Waals surface area (Å²) < 4.78 is 23.5. The molecule has 0 aromatic heterocycles. The van der Waals surface area contributed by atoms with Crippen LogP contribution in [-0.2, 0) is 25.1 Å². The summed E-state index contributed by atoms with van der Waals surface area (Å²) in [7, 11) is -1.35. The number of benzene rings is 1. The molecule has 0 saturated carbocycles. The second kappa shape index (κ2) is 9.95. The van der Waals surface area contributed by atoms with Crippen molar-refractivity contribution in [2.75, 3.05) is 13.2 Å². The maximum atomic E-state index is 13.1. The summed E-state index contributed by atoms with van der Waals surface area (Å²) >= 11 is 0. The number of hydrogen-bond acceptors (Lipinski definition) is 4. The van der Waals surface area contributed by atoms with Gasteiger partial charge in [-0.3, -0.25) is 9.00 Å². The van der Waals surface area contributed by atoms with E-state index in [0.717, 1.165) is 23.3 Å². The van der Waals surface area contributed by atoms with Crippen LogP contribution in [-0.4, -0.2) is 33.7 Å². The summed E-state index contributed by atoms with van der Waals surface area (Å²) in [6.45, 7) is 11.1. The smallest absolute Gasteiger partial charge is 0.166 e. The van der Waals surface area contributed by atoms with Crippen molar-refractivity contribution >= 4 is 16.6 Å². The standard InChI is InChI=1S/C23H34O4S/c1-6-22(4,28(25)20-12-9-19(3)10-13-20)21(24)14-11-18(2)8-7-15-23(5)26-16-17-27-23/h8-10,12-13H,6-7,11,14-17H2,1-5H3/b18-8+/t22-,28+/m1/s1. The predicted molar refractivity (Wildman–Crippen MR) is 114 cm³/mol. The van der Waals surface area contributed by atoms with Crippen LogP contribution >= 0.6 is 0 Å². The van der Waals surface area contributed by atoms with Crippen LogP contribution in [0.2, 0.25) is 0 Å². The Morgan fingerprint density at radius 1 is 1.21 bits per heavy atom. The van der Waals surface area contributed by atoms with Gasteiger partial charge in [-0.1, -0.05) is 36.3 Å². The van der Waals surface area contributed by atoms with E-state index in [1.54, 1.807) is 0 Å². The summed E-state index contributed by atoms with van der Waals surface area (Å²) in [5.74, 6) is -0.408. The number of ether oxygens (including phenoxy) is 2. The van der Waals surface area contributed by atoms with Crippen LogP contribution in [0.4, 0.5) is 0 Å². The number of aryl methyl sites for hydroxylation is 1. The Bertz CT molecular complexity index is 717. The van der Waals surface area contributed by atoms with Crippen molar-refractivity contribution in [3.05, 3.63) is 41.5 Å². The van der Waals surface area contributed by atoms with Gasteiger partial charge in [0.15, 0.2) is 11.6 Å². The van der Waals surface area contributed by atoms with Gasteiger partial charge in [-0.25, -0.2) is 0 Å². The van der Waals surface area contributed by atoms with Crippen LogP contribution in [0.3, 0.4) is 0 Å². The second-order valence-corrected chi connectivity index (χ2v) is 9.92. The van der Waals surface area contributed by atoms with Gasteiger partial charge in [0.25, 0.3) is 0 Å². The minimum atomic E-state index is -1.35. The molecule has 0 N–H and O–H groups in total. The molecule has 1 fully saturated rings. The van der Waals surface area contributed by atoms with E-state index in [4.69, 9.17) is 9.47 Å². The third kappa shape index (κ3) is 5.85. The number of ketones is 1. The monoisotopic (exact) mass is 406 g/mol. The molecule has 1 saturated heterocycles. The number of allylic oxidation sites excluding steroid dienone is 2. The molecule has 1 aromatic carbocycles. The molecule has 5 heteroatoms. The number of rotatable bonds is 10. The molecule has 0 aliphatic carbocycles. The van der Waals surface area contributed by atoms with Crippen molar-refractivity contribution in [1.29, 1.82) is 0 Å². The SMILES string of the molecule is CC[C@](C)(C(=O)CC/C(C)=C/CCC1(C)OCCO1)[S@@](=O)c1ccc(C)cc1. The third-order valence-corrected chi connectivity index (χ3v) is 7.68. The highest BCUT2D eigenvalue weighted by Gasteiger charge is 2.38. The molecule has 0 spiro atoms. The molecular weight excluding hydrogens is 372 g/mol. The van der Waals surface area contributed by atoms with Gasteiger partial charge < -0.3 is 9.47 Å². The van der Waals surface area contributed by atoms with Gasteiger partial charge >= 0.3 is 0 Å². The van der Waals surface area contributed by atoms with E-state index in [1.165, 1.54) is 5.57 Å². The highest BCUT2D eigenvalue weighted by molar-refractivity contribution is 7.87. The van der Waals surface area contributed by atoms with Gasteiger partial charge in [-0.15, -0.1) is 0 Å². The topological polar surface area (TPSA) is 52.6 Å². The van der Waals surface area contributed by atoms with Crippen LogP contribution in [0.1, 0.15) is 65.4 Å². The zero-order chi connectivity index (χ0) is 20.8. The lowest BCUT2D eigenvalue weighted by Crippen LogP contribution is -2.39. The van der Waals surface area contributed by atoms with E-state index < -0.39 is 21.3 Å². The first-order valence-electron chi connectivity index (χ1n) is 10.2. The number of carbonyl (C=O) groups is 1. The molecule has 0 amide bonds. The van der Waals surface area contributed by atoms with Gasteiger partial charge in [0, 0.05) is 17.7 Å². The zero-order valence-electron chi connectivity index (χ0n) is 17.9. The Labute approximate surface area is 172 Å². The summed E-state index contributed by atoms with van der Waals surface area (Å²) in [6.07, 6.45) is 5.48. The lowest BCUT2D eigenvalue weighted by molar-refractivity contribution is -0.145. The van der Waals surface area contributed by atoms with E-state index >= 15 is 0 Å². The van der Waals surface area contributed by atoms with Gasteiger partial charge in [0.2, 0.25) is 0 Å². The van der Waals surface area contributed by atoms with Crippen LogP contribution < -0.4 is 0 Å². The first-order valence-corrected chi connectivity index (χ1v) is 11.3. The molecule has 1 heterocycles. The Morgan fingerprint density at radius 3 is 2.39 bits per heavy atom. The fourth-order valence-corrected chi connectivity index (χ4v) is 4.79. The van der Waals surface area contributed by atoms with Gasteiger partial charge in [0.1, 0.15) is 4.75 Å². The van der Waals surface area contributed by atoms with E-state index in [1.807, 2.05) is 58.9 Å². The quantitative estimate of drug-likeness (QED) is 0.507. The molecule has 0 unspecified atom stereocenters. The van der Waals surface area contributed by atoms with E-state index in [2.05, 4.69) is 6.08 Å². The zero-order valence-corrected chi connectivity index (χ0v) is 18.7. The lowest BCUT2D eigenvalue weighted by atomic mass is 9.96. The van der Waals surface area contributed by atoms with Crippen molar-refractivity contribution < 1.29 is 18.5 Å². The first-order chi connectivity index (χ1) is 13.2. The average Bonchev–Trinajstić information content (AvgIpc) is 3.11. The maximum absolute atomic E-state index is 13.1. The molecular formula is C23H34O4S. The Balaban J connectivity index is 1.92. The Morgan fingerprint density at radius 2 is 1.82 bits per heavy atom. The largest absolute Gasteiger partial charge is 0.348 e. The normalized spacial score (nSPS) is 20.0. The van der Waals surface area contributed by atoms with Crippen LogP contribution in [0, 0.1) is 6.92 Å². The molecule has 1 aliphatic heterocycles. The van der Waals surface area contributed by atoms with E-state index in [-0.39, 0.29) is 5.78 Å². The predicted octanol–water partition coefficient (Wildman–Crippen LogP) is 5.11. The van der Waals surface area contributed by atoms with Crippen molar-refractivity contribution in [2.24, 2.45) is 0 Å². The van der Waals surface area contributed by atoms with E-state index in [9.17, 15) is 9.00 Å². The van der Waals surface area contributed by atoms with Crippen molar-refractivity contribution in [2.45, 2.75) is 82.2 Å². The van der Waals surface area contributed by atoms with Crippen LogP contribution in [0.5, 0.6) is 0 Å². The average molecular weight is 407 g/mol. The Hall–Kier alpha value is -1.30. The molecule has 0 bridgehead atoms. The van der Waals surface area contributed by atoms with Crippen molar-refractivity contribution in [3.63, 3.8) is 0 Å². The summed E-state index contributed by atoms with van der Waals surface area (Å²) in [5, 5.41) is 0. The van der Waals surface area contributed by atoms with Gasteiger partial charge in [0.05, 0.1) is 24.0 Å². The molecule has 0 radical (unpaired) electrons. The van der Waals surface area contributed by atoms with Crippen LogP contribution in [0.25, 0.3) is 0 Å². The molecule has 1 aromatic rings. The minimum absolute atomic E-state index is 0.0658. The maximum Gasteiger partial charge on any atom is 0.166 e. The van der Waals surface area contributed by atoms with Crippen LogP contribution in [0.15, 0.2) is 40.8 Å². The second-order valence-electron chi connectivity index (χ2n) is 8.01. The van der Waals surface area contributed by atoms with Crippen molar-refractivity contribution in [3.8, 4) is 0 Å². The van der Waals surface area contributed by atoms with Gasteiger partial charge in [-0.05, 0) is 59.1 Å². The Kier molecular flexibility index (Phi) is 8.17. The molecule has 4 nitrogen and oxygen atoms in total. The molecule has 2 rings (SSSR count). The molecule has 2 atom stereocenters.